The Kier molecular flexibility index (Phi) is 2.66. The van der Waals surface area contributed by atoms with Crippen LogP contribution < -0.4 is 5.73 Å². The van der Waals surface area contributed by atoms with Gasteiger partial charge in [0.05, 0.1) is 5.92 Å². The quantitative estimate of drug-likeness (QED) is 0.727. The summed E-state index contributed by atoms with van der Waals surface area (Å²) in [5.41, 5.74) is 6.14. The zero-order chi connectivity index (χ0) is 11.1. The van der Waals surface area contributed by atoms with Gasteiger partial charge in [0, 0.05) is 6.04 Å². The van der Waals surface area contributed by atoms with Gasteiger partial charge in [-0.2, -0.15) is 0 Å². The predicted octanol–water partition coefficient (Wildman–Crippen LogP) is 1.85. The molecule has 0 aromatic carbocycles. The molecule has 0 radical (unpaired) electrons. The molecule has 3 heteroatoms. The van der Waals surface area contributed by atoms with E-state index < -0.39 is 0 Å². The van der Waals surface area contributed by atoms with Crippen LogP contribution in [0.15, 0.2) is 0 Å². The van der Waals surface area contributed by atoms with Gasteiger partial charge < -0.3 is 10.5 Å². The van der Waals surface area contributed by atoms with Crippen LogP contribution >= 0.6 is 0 Å². The van der Waals surface area contributed by atoms with E-state index in [0.29, 0.717) is 11.8 Å². The second kappa shape index (κ2) is 4.02. The summed E-state index contributed by atoms with van der Waals surface area (Å²) >= 11 is 0. The van der Waals surface area contributed by atoms with Gasteiger partial charge in [-0.25, -0.2) is 0 Å². The van der Waals surface area contributed by atoms with Gasteiger partial charge in [0.15, 0.2) is 0 Å². The summed E-state index contributed by atoms with van der Waals surface area (Å²) in [5, 5.41) is 0. The minimum atomic E-state index is 0.00611. The average Bonchev–Trinajstić information content (AvgIpc) is 2.92. The number of esters is 1. The third-order valence-electron chi connectivity index (χ3n) is 4.84. The molecule has 0 aromatic heterocycles. The zero-order valence-corrected chi connectivity index (χ0v) is 9.73. The van der Waals surface area contributed by atoms with E-state index in [9.17, 15) is 4.79 Å². The number of carbonyl (C=O) groups is 1. The van der Waals surface area contributed by atoms with Gasteiger partial charge in [0.1, 0.15) is 6.10 Å². The van der Waals surface area contributed by atoms with Gasteiger partial charge >= 0.3 is 5.97 Å². The largest absolute Gasteiger partial charge is 0.462 e. The number of ether oxygens (including phenoxy) is 1. The fourth-order valence-corrected chi connectivity index (χ4v) is 3.93. The first-order valence-corrected chi connectivity index (χ1v) is 6.72. The molecular formula is C13H21NO2. The van der Waals surface area contributed by atoms with E-state index in [4.69, 9.17) is 10.5 Å². The average molecular weight is 223 g/mol. The van der Waals surface area contributed by atoms with Crippen LogP contribution in [-0.2, 0) is 9.53 Å². The molecule has 3 saturated carbocycles. The molecule has 3 fully saturated rings. The van der Waals surface area contributed by atoms with Crippen molar-refractivity contribution in [3.05, 3.63) is 0 Å². The lowest BCUT2D eigenvalue weighted by atomic mass is 9.85. The van der Waals surface area contributed by atoms with Crippen LogP contribution in [0.1, 0.15) is 44.9 Å². The Hall–Kier alpha value is -0.570. The highest BCUT2D eigenvalue weighted by Gasteiger charge is 2.50. The SMILES string of the molecule is NC1C2CCC(C2)C1C(=O)OC1CCCC1. The van der Waals surface area contributed by atoms with Crippen LogP contribution in [0.25, 0.3) is 0 Å². The first-order valence-electron chi connectivity index (χ1n) is 6.72. The van der Waals surface area contributed by atoms with Gasteiger partial charge in [-0.15, -0.1) is 0 Å². The molecule has 0 amide bonds. The fraction of sp³-hybridized carbons (Fsp3) is 0.923. The number of carbonyl (C=O) groups excluding carboxylic acids is 1. The Balaban J connectivity index is 1.61. The summed E-state index contributed by atoms with van der Waals surface area (Å²) in [7, 11) is 0. The molecule has 3 rings (SSSR count). The van der Waals surface area contributed by atoms with Crippen LogP contribution in [0.5, 0.6) is 0 Å². The van der Waals surface area contributed by atoms with E-state index in [1.54, 1.807) is 0 Å². The van der Waals surface area contributed by atoms with E-state index in [1.807, 2.05) is 0 Å². The molecular weight excluding hydrogens is 202 g/mol. The van der Waals surface area contributed by atoms with Gasteiger partial charge in [0.25, 0.3) is 0 Å². The van der Waals surface area contributed by atoms with Crippen molar-refractivity contribution in [3.8, 4) is 0 Å². The van der Waals surface area contributed by atoms with Crippen molar-refractivity contribution in [1.82, 2.24) is 0 Å². The molecule has 16 heavy (non-hydrogen) atoms. The van der Waals surface area contributed by atoms with Crippen LogP contribution in [0.2, 0.25) is 0 Å². The zero-order valence-electron chi connectivity index (χ0n) is 9.73. The lowest BCUT2D eigenvalue weighted by Crippen LogP contribution is -2.41. The Morgan fingerprint density at radius 3 is 2.38 bits per heavy atom. The summed E-state index contributed by atoms with van der Waals surface area (Å²) in [6.45, 7) is 0. The van der Waals surface area contributed by atoms with Crippen molar-refractivity contribution >= 4 is 5.97 Å². The normalized spacial score (nSPS) is 42.8. The van der Waals surface area contributed by atoms with Gasteiger partial charge in [0.2, 0.25) is 0 Å². The molecule has 0 aromatic rings. The molecule has 4 unspecified atom stereocenters. The minimum absolute atomic E-state index is 0.00611. The number of rotatable bonds is 2. The fourth-order valence-electron chi connectivity index (χ4n) is 3.93. The van der Waals surface area contributed by atoms with Crippen LogP contribution in [0.4, 0.5) is 0 Å². The monoisotopic (exact) mass is 223 g/mol. The van der Waals surface area contributed by atoms with Crippen LogP contribution in [0, 0.1) is 17.8 Å². The number of fused-ring (bicyclic) bond motifs is 2. The highest BCUT2D eigenvalue weighted by Crippen LogP contribution is 2.48. The van der Waals surface area contributed by atoms with E-state index >= 15 is 0 Å². The molecule has 90 valence electrons. The van der Waals surface area contributed by atoms with E-state index in [-0.39, 0.29) is 24.0 Å². The Labute approximate surface area is 96.7 Å². The van der Waals surface area contributed by atoms with Crippen LogP contribution in [-0.4, -0.2) is 18.1 Å². The maximum atomic E-state index is 12.1. The van der Waals surface area contributed by atoms with Crippen molar-refractivity contribution in [3.63, 3.8) is 0 Å². The highest BCUT2D eigenvalue weighted by atomic mass is 16.5. The molecule has 3 aliphatic carbocycles. The Morgan fingerprint density at radius 1 is 1.06 bits per heavy atom. The smallest absolute Gasteiger partial charge is 0.311 e. The van der Waals surface area contributed by atoms with E-state index in [2.05, 4.69) is 0 Å². The minimum Gasteiger partial charge on any atom is -0.462 e. The lowest BCUT2D eigenvalue weighted by Gasteiger charge is -2.27. The second-order valence-electron chi connectivity index (χ2n) is 5.78. The molecule has 4 atom stereocenters. The molecule has 3 nitrogen and oxygen atoms in total. The molecule has 0 aliphatic heterocycles. The number of hydrogen-bond donors (Lipinski definition) is 1. The summed E-state index contributed by atoms with van der Waals surface area (Å²) in [6, 6.07) is 0.0765. The van der Waals surface area contributed by atoms with Crippen molar-refractivity contribution in [2.75, 3.05) is 0 Å². The Bertz CT molecular complexity index is 284. The maximum absolute atomic E-state index is 12.1. The molecule has 3 aliphatic rings. The predicted molar refractivity (Wildman–Crippen MR) is 60.6 cm³/mol. The summed E-state index contributed by atoms with van der Waals surface area (Å²) in [6.07, 6.45) is 8.29. The third kappa shape index (κ3) is 1.65. The summed E-state index contributed by atoms with van der Waals surface area (Å²) < 4.78 is 5.60. The third-order valence-corrected chi connectivity index (χ3v) is 4.84. The molecule has 2 bridgehead atoms. The first kappa shape index (κ1) is 10.6. The van der Waals surface area contributed by atoms with E-state index in [0.717, 1.165) is 19.3 Å². The standard InChI is InChI=1S/C13H21NO2/c14-12-9-6-5-8(7-9)11(12)13(15)16-10-3-1-2-4-10/h8-12H,1-7,14H2. The van der Waals surface area contributed by atoms with Crippen molar-refractivity contribution < 1.29 is 9.53 Å². The van der Waals surface area contributed by atoms with Gasteiger partial charge in [-0.05, 0) is 56.8 Å². The number of nitrogens with two attached hydrogens (primary N) is 1. The molecule has 0 heterocycles. The first-order chi connectivity index (χ1) is 7.75. The molecule has 0 saturated heterocycles. The topological polar surface area (TPSA) is 52.3 Å². The summed E-state index contributed by atoms with van der Waals surface area (Å²) in [4.78, 5) is 12.1. The second-order valence-corrected chi connectivity index (χ2v) is 5.78. The molecule has 0 spiro atoms. The van der Waals surface area contributed by atoms with Crippen LogP contribution in [0.3, 0.4) is 0 Å². The maximum Gasteiger partial charge on any atom is 0.311 e. The Morgan fingerprint density at radius 2 is 1.75 bits per heavy atom. The summed E-state index contributed by atoms with van der Waals surface area (Å²) in [5.74, 6) is 1.13. The number of hydrogen-bond acceptors (Lipinski definition) is 3. The van der Waals surface area contributed by atoms with Gasteiger partial charge in [-0.3, -0.25) is 4.79 Å². The van der Waals surface area contributed by atoms with Gasteiger partial charge in [-0.1, -0.05) is 0 Å². The molecule has 2 N–H and O–H groups in total. The van der Waals surface area contributed by atoms with Crippen molar-refractivity contribution in [2.24, 2.45) is 23.5 Å². The van der Waals surface area contributed by atoms with Crippen molar-refractivity contribution in [2.45, 2.75) is 57.1 Å². The van der Waals surface area contributed by atoms with Crippen molar-refractivity contribution in [1.29, 1.82) is 0 Å². The lowest BCUT2D eigenvalue weighted by molar-refractivity contribution is -0.156. The highest BCUT2D eigenvalue weighted by molar-refractivity contribution is 5.74. The van der Waals surface area contributed by atoms with E-state index in [1.165, 1.54) is 25.7 Å².